The molecule has 0 aliphatic heterocycles. The molecule has 0 saturated heterocycles. The van der Waals surface area contributed by atoms with E-state index in [0.29, 0.717) is 42.2 Å². The van der Waals surface area contributed by atoms with Crippen LogP contribution in [-0.2, 0) is 6.42 Å². The van der Waals surface area contributed by atoms with Gasteiger partial charge in [0.15, 0.2) is 23.2 Å². The molecule has 0 amide bonds. The van der Waals surface area contributed by atoms with Crippen LogP contribution in [0.25, 0.3) is 5.57 Å². The molecular formula is C28H33F3O2. The Balaban J connectivity index is 1.32. The van der Waals surface area contributed by atoms with Gasteiger partial charge in [-0.15, -0.1) is 0 Å². The molecule has 2 aromatic rings. The van der Waals surface area contributed by atoms with E-state index in [0.717, 1.165) is 49.7 Å². The minimum absolute atomic E-state index is 0.137. The van der Waals surface area contributed by atoms with Gasteiger partial charge >= 0.3 is 0 Å². The van der Waals surface area contributed by atoms with Gasteiger partial charge in [-0.3, -0.25) is 0 Å². The van der Waals surface area contributed by atoms with Gasteiger partial charge in [0.05, 0.1) is 7.11 Å². The molecule has 178 valence electrons. The number of halogens is 3. The molecule has 5 heteroatoms. The Morgan fingerprint density at radius 3 is 2.36 bits per heavy atom. The lowest BCUT2D eigenvalue weighted by Crippen LogP contribution is -2.15. The highest BCUT2D eigenvalue weighted by molar-refractivity contribution is 5.67. The zero-order chi connectivity index (χ0) is 23.4. The molecule has 0 aromatic heterocycles. The van der Waals surface area contributed by atoms with Crippen LogP contribution in [0.3, 0.4) is 0 Å². The summed E-state index contributed by atoms with van der Waals surface area (Å²) in [6.07, 6.45) is 9.47. The SMILES string of the molecule is COc1ccc(C2CCC(CCc3ccc(C4=CCC(CO)CC4)c(F)c3F)CC2)cc1F. The van der Waals surface area contributed by atoms with Crippen LogP contribution in [0, 0.1) is 29.3 Å². The first kappa shape index (κ1) is 23.9. The van der Waals surface area contributed by atoms with Crippen LogP contribution >= 0.6 is 0 Å². The fraction of sp³-hybridized carbons (Fsp3) is 0.500. The van der Waals surface area contributed by atoms with Crippen molar-refractivity contribution >= 4 is 5.57 Å². The van der Waals surface area contributed by atoms with Crippen LogP contribution in [-0.4, -0.2) is 18.8 Å². The minimum Gasteiger partial charge on any atom is -0.494 e. The van der Waals surface area contributed by atoms with Gasteiger partial charge < -0.3 is 9.84 Å². The summed E-state index contributed by atoms with van der Waals surface area (Å²) in [5.41, 5.74) is 2.66. The highest BCUT2D eigenvalue weighted by atomic mass is 19.2. The first-order valence-electron chi connectivity index (χ1n) is 12.1. The van der Waals surface area contributed by atoms with Crippen molar-refractivity contribution < 1.29 is 23.0 Å². The van der Waals surface area contributed by atoms with Crippen LogP contribution in [0.4, 0.5) is 13.2 Å². The number of aryl methyl sites for hydroxylation is 1. The molecule has 2 nitrogen and oxygen atoms in total. The van der Waals surface area contributed by atoms with E-state index in [4.69, 9.17) is 4.74 Å². The second-order valence-electron chi connectivity index (χ2n) is 9.60. The number of rotatable bonds is 7. The number of methoxy groups -OCH3 is 1. The van der Waals surface area contributed by atoms with E-state index in [1.807, 2.05) is 12.1 Å². The number of hydrogen-bond acceptors (Lipinski definition) is 2. The summed E-state index contributed by atoms with van der Waals surface area (Å²) in [5.74, 6) is -0.490. The molecule has 0 bridgehead atoms. The fourth-order valence-electron chi connectivity index (χ4n) is 5.41. The molecule has 2 aromatic carbocycles. The number of benzene rings is 2. The summed E-state index contributed by atoms with van der Waals surface area (Å²) in [6.45, 7) is 0.137. The summed E-state index contributed by atoms with van der Waals surface area (Å²) in [7, 11) is 1.46. The molecule has 4 rings (SSSR count). The van der Waals surface area contributed by atoms with E-state index >= 15 is 0 Å². The molecule has 2 aliphatic rings. The van der Waals surface area contributed by atoms with Crippen molar-refractivity contribution in [2.75, 3.05) is 13.7 Å². The topological polar surface area (TPSA) is 29.5 Å². The van der Waals surface area contributed by atoms with Crippen molar-refractivity contribution in [2.45, 2.75) is 63.7 Å². The van der Waals surface area contributed by atoms with E-state index < -0.39 is 11.6 Å². The number of aliphatic hydroxyl groups is 1. The predicted octanol–water partition coefficient (Wildman–Crippen LogP) is 7.19. The largest absolute Gasteiger partial charge is 0.494 e. The molecule has 1 atom stereocenters. The van der Waals surface area contributed by atoms with Crippen LogP contribution in [0.5, 0.6) is 5.75 Å². The minimum atomic E-state index is -0.744. The van der Waals surface area contributed by atoms with Gasteiger partial charge in [-0.25, -0.2) is 13.2 Å². The lowest BCUT2D eigenvalue weighted by atomic mass is 9.77. The van der Waals surface area contributed by atoms with Crippen molar-refractivity contribution in [2.24, 2.45) is 11.8 Å². The van der Waals surface area contributed by atoms with Gasteiger partial charge in [0.2, 0.25) is 0 Å². The maximum Gasteiger partial charge on any atom is 0.166 e. The molecule has 1 N–H and O–H groups in total. The van der Waals surface area contributed by atoms with Crippen molar-refractivity contribution in [1.82, 2.24) is 0 Å². The van der Waals surface area contributed by atoms with Crippen LogP contribution in [0.15, 0.2) is 36.4 Å². The molecule has 1 unspecified atom stereocenters. The Labute approximate surface area is 194 Å². The zero-order valence-corrected chi connectivity index (χ0v) is 19.3. The molecule has 0 heterocycles. The summed E-state index contributed by atoms with van der Waals surface area (Å²) < 4.78 is 48.7. The molecule has 0 spiro atoms. The van der Waals surface area contributed by atoms with E-state index in [2.05, 4.69) is 0 Å². The van der Waals surface area contributed by atoms with Gasteiger partial charge in [-0.1, -0.05) is 24.3 Å². The van der Waals surface area contributed by atoms with Crippen molar-refractivity contribution in [3.8, 4) is 5.75 Å². The third-order valence-corrected chi connectivity index (χ3v) is 7.60. The number of allylic oxidation sites excluding steroid dienone is 2. The molecule has 2 aliphatic carbocycles. The fourth-order valence-corrected chi connectivity index (χ4v) is 5.41. The van der Waals surface area contributed by atoms with E-state index in [1.165, 1.54) is 7.11 Å². The highest BCUT2D eigenvalue weighted by Crippen LogP contribution is 2.39. The summed E-state index contributed by atoms with van der Waals surface area (Å²) in [5, 5.41) is 9.27. The number of hydrogen-bond donors (Lipinski definition) is 1. The Kier molecular flexibility index (Phi) is 7.79. The third kappa shape index (κ3) is 5.46. The lowest BCUT2D eigenvalue weighted by molar-refractivity contribution is 0.218. The van der Waals surface area contributed by atoms with E-state index in [9.17, 15) is 18.3 Å². The highest BCUT2D eigenvalue weighted by Gasteiger charge is 2.24. The third-order valence-electron chi connectivity index (χ3n) is 7.60. The van der Waals surface area contributed by atoms with Gasteiger partial charge in [-0.05, 0) is 104 Å². The molecular weight excluding hydrogens is 425 g/mol. The maximum absolute atomic E-state index is 14.8. The first-order chi connectivity index (χ1) is 16.0. The average Bonchev–Trinajstić information content (AvgIpc) is 2.85. The van der Waals surface area contributed by atoms with Crippen LogP contribution < -0.4 is 4.74 Å². The second kappa shape index (κ2) is 10.8. The van der Waals surface area contributed by atoms with Gasteiger partial charge in [0.25, 0.3) is 0 Å². The number of aliphatic hydroxyl groups excluding tert-OH is 1. The Hall–Kier alpha value is -2.27. The molecule has 1 fully saturated rings. The van der Waals surface area contributed by atoms with Crippen molar-refractivity contribution in [1.29, 1.82) is 0 Å². The summed E-state index contributed by atoms with van der Waals surface area (Å²) in [4.78, 5) is 0. The van der Waals surface area contributed by atoms with E-state index in [-0.39, 0.29) is 24.1 Å². The monoisotopic (exact) mass is 458 g/mol. The smallest absolute Gasteiger partial charge is 0.166 e. The predicted molar refractivity (Wildman–Crippen MR) is 125 cm³/mol. The Morgan fingerprint density at radius 2 is 1.73 bits per heavy atom. The molecule has 0 radical (unpaired) electrons. The standard InChI is InChI=1S/C28H33F3O2/c1-33-26-15-13-23(16-25(26)29)20-7-2-18(3-8-20)4-11-22-12-14-24(28(31)27(22)30)21-9-5-19(17-32)6-10-21/h9,12-16,18-20,32H,2-8,10-11,17H2,1H3. The van der Waals surface area contributed by atoms with E-state index in [1.54, 1.807) is 24.3 Å². The molecule has 33 heavy (non-hydrogen) atoms. The lowest BCUT2D eigenvalue weighted by Gasteiger charge is -2.29. The Bertz CT molecular complexity index is 993. The quantitative estimate of drug-likeness (QED) is 0.476. The maximum atomic E-state index is 14.8. The van der Waals surface area contributed by atoms with Gasteiger partial charge in [0, 0.05) is 12.2 Å². The Morgan fingerprint density at radius 1 is 0.939 bits per heavy atom. The summed E-state index contributed by atoms with van der Waals surface area (Å²) in [6, 6.07) is 8.66. The van der Waals surface area contributed by atoms with Crippen LogP contribution in [0.1, 0.15) is 74.0 Å². The normalized spacial score (nSPS) is 23.3. The second-order valence-corrected chi connectivity index (χ2v) is 9.60. The first-order valence-corrected chi connectivity index (χ1v) is 12.1. The van der Waals surface area contributed by atoms with Crippen molar-refractivity contribution in [3.05, 3.63) is 70.5 Å². The number of ether oxygens (including phenoxy) is 1. The van der Waals surface area contributed by atoms with Gasteiger partial charge in [-0.2, -0.15) is 0 Å². The zero-order valence-electron chi connectivity index (χ0n) is 19.3. The summed E-state index contributed by atoms with van der Waals surface area (Å²) >= 11 is 0. The average molecular weight is 459 g/mol. The van der Waals surface area contributed by atoms with Gasteiger partial charge in [0.1, 0.15) is 0 Å². The van der Waals surface area contributed by atoms with Crippen molar-refractivity contribution in [3.63, 3.8) is 0 Å². The molecule has 1 saturated carbocycles. The van der Waals surface area contributed by atoms with Crippen LogP contribution in [0.2, 0.25) is 0 Å².